The van der Waals surface area contributed by atoms with Crippen LogP contribution in [0.1, 0.15) is 5.82 Å². The number of aryl methyl sites for hydroxylation is 1. The van der Waals surface area contributed by atoms with E-state index >= 15 is 0 Å². The molecule has 0 saturated carbocycles. The molecule has 2 aromatic heterocycles. The summed E-state index contributed by atoms with van der Waals surface area (Å²) in [6.45, 7) is 0.593. The van der Waals surface area contributed by atoms with Crippen LogP contribution in [-0.2, 0) is 20.5 Å². The monoisotopic (exact) mass is 333 g/mol. The van der Waals surface area contributed by atoms with Gasteiger partial charge in [-0.2, -0.15) is 0 Å². The van der Waals surface area contributed by atoms with Gasteiger partial charge in [0.25, 0.3) is 0 Å². The van der Waals surface area contributed by atoms with Gasteiger partial charge in [0, 0.05) is 26.1 Å². The molecule has 0 bridgehead atoms. The number of imidazole rings is 2. The standard InChI is InChI=1S/C14H16BrN5/c1-19-8-17-10-7-9(3-4-11(10)19)13-14(15)18-12(5-6-16)20(13)2/h3-4,7-8H,5-6,16H2,1-2H3. The van der Waals surface area contributed by atoms with Gasteiger partial charge in [0.1, 0.15) is 10.4 Å². The Morgan fingerprint density at radius 2 is 2.10 bits per heavy atom. The van der Waals surface area contributed by atoms with E-state index in [1.165, 1.54) is 0 Å². The lowest BCUT2D eigenvalue weighted by Crippen LogP contribution is -2.08. The van der Waals surface area contributed by atoms with Crippen LogP contribution in [0, 0.1) is 0 Å². The first-order valence-electron chi connectivity index (χ1n) is 6.44. The highest BCUT2D eigenvalue weighted by Crippen LogP contribution is 2.30. The van der Waals surface area contributed by atoms with E-state index in [0.29, 0.717) is 6.54 Å². The molecule has 3 rings (SSSR count). The van der Waals surface area contributed by atoms with Crippen molar-refractivity contribution in [2.24, 2.45) is 19.8 Å². The van der Waals surface area contributed by atoms with Gasteiger partial charge in [-0.3, -0.25) is 0 Å². The Labute approximate surface area is 125 Å². The molecule has 0 aliphatic carbocycles. The molecule has 2 heterocycles. The van der Waals surface area contributed by atoms with Crippen molar-refractivity contribution in [2.45, 2.75) is 6.42 Å². The van der Waals surface area contributed by atoms with E-state index in [4.69, 9.17) is 5.73 Å². The molecule has 20 heavy (non-hydrogen) atoms. The molecule has 6 heteroatoms. The van der Waals surface area contributed by atoms with Gasteiger partial charge >= 0.3 is 0 Å². The van der Waals surface area contributed by atoms with Crippen molar-refractivity contribution in [1.82, 2.24) is 19.1 Å². The average Bonchev–Trinajstić information content (AvgIpc) is 2.92. The average molecular weight is 334 g/mol. The third kappa shape index (κ3) is 2.05. The number of fused-ring (bicyclic) bond motifs is 1. The minimum Gasteiger partial charge on any atom is -0.334 e. The van der Waals surface area contributed by atoms with E-state index in [-0.39, 0.29) is 0 Å². The molecule has 0 spiro atoms. The lowest BCUT2D eigenvalue weighted by atomic mass is 10.1. The predicted octanol–water partition coefficient (Wildman–Crippen LogP) is 2.24. The smallest absolute Gasteiger partial charge is 0.132 e. The van der Waals surface area contributed by atoms with E-state index in [1.54, 1.807) is 0 Å². The Morgan fingerprint density at radius 3 is 2.85 bits per heavy atom. The minimum atomic E-state index is 0.593. The summed E-state index contributed by atoms with van der Waals surface area (Å²) in [7, 11) is 4.01. The number of hydrogen-bond acceptors (Lipinski definition) is 3. The largest absolute Gasteiger partial charge is 0.334 e. The Bertz CT molecular complexity index is 771. The molecule has 2 N–H and O–H groups in total. The van der Waals surface area contributed by atoms with Gasteiger partial charge in [0.15, 0.2) is 0 Å². The second-order valence-corrected chi connectivity index (χ2v) is 5.58. The maximum Gasteiger partial charge on any atom is 0.132 e. The van der Waals surface area contributed by atoms with E-state index in [9.17, 15) is 0 Å². The van der Waals surface area contributed by atoms with Crippen LogP contribution in [0.15, 0.2) is 29.1 Å². The predicted molar refractivity (Wildman–Crippen MR) is 83.4 cm³/mol. The van der Waals surface area contributed by atoms with Crippen LogP contribution in [0.4, 0.5) is 0 Å². The van der Waals surface area contributed by atoms with E-state index in [0.717, 1.165) is 39.1 Å². The highest BCUT2D eigenvalue weighted by atomic mass is 79.9. The normalized spacial score (nSPS) is 11.4. The highest BCUT2D eigenvalue weighted by Gasteiger charge is 2.15. The second-order valence-electron chi connectivity index (χ2n) is 4.82. The zero-order chi connectivity index (χ0) is 14.3. The zero-order valence-corrected chi connectivity index (χ0v) is 13.1. The molecule has 0 atom stereocenters. The first-order chi connectivity index (χ1) is 9.61. The van der Waals surface area contributed by atoms with Crippen molar-refractivity contribution < 1.29 is 0 Å². The first kappa shape index (κ1) is 13.3. The number of benzene rings is 1. The van der Waals surface area contributed by atoms with Gasteiger partial charge in [0.2, 0.25) is 0 Å². The Balaban J connectivity index is 2.15. The topological polar surface area (TPSA) is 61.7 Å². The summed E-state index contributed by atoms with van der Waals surface area (Å²) >= 11 is 3.55. The van der Waals surface area contributed by atoms with Crippen LogP contribution in [0.25, 0.3) is 22.3 Å². The van der Waals surface area contributed by atoms with Crippen LogP contribution in [0.3, 0.4) is 0 Å². The van der Waals surface area contributed by atoms with Gasteiger partial charge in [0.05, 0.1) is 23.1 Å². The molecule has 0 amide bonds. The number of nitrogens with zero attached hydrogens (tertiary/aromatic N) is 4. The van der Waals surface area contributed by atoms with E-state index in [1.807, 2.05) is 25.0 Å². The van der Waals surface area contributed by atoms with Crippen LogP contribution >= 0.6 is 15.9 Å². The number of rotatable bonds is 3. The first-order valence-corrected chi connectivity index (χ1v) is 7.23. The molecule has 1 aromatic carbocycles. The summed E-state index contributed by atoms with van der Waals surface area (Å²) in [6.07, 6.45) is 2.59. The highest BCUT2D eigenvalue weighted by molar-refractivity contribution is 9.10. The molecule has 0 aliphatic heterocycles. The fraction of sp³-hybridized carbons (Fsp3) is 0.286. The number of halogens is 1. The molecule has 3 aromatic rings. The van der Waals surface area contributed by atoms with E-state index < -0.39 is 0 Å². The third-order valence-corrected chi connectivity index (χ3v) is 4.06. The maximum absolute atomic E-state index is 5.62. The van der Waals surface area contributed by atoms with Gasteiger partial charge in [-0.25, -0.2) is 9.97 Å². The fourth-order valence-corrected chi connectivity index (χ4v) is 3.16. The van der Waals surface area contributed by atoms with Gasteiger partial charge in [-0.15, -0.1) is 0 Å². The molecule has 5 nitrogen and oxygen atoms in total. The molecule has 0 aliphatic rings. The summed E-state index contributed by atoms with van der Waals surface area (Å²) in [4.78, 5) is 8.94. The summed E-state index contributed by atoms with van der Waals surface area (Å²) < 4.78 is 4.94. The third-order valence-electron chi connectivity index (χ3n) is 3.51. The van der Waals surface area contributed by atoms with Crippen LogP contribution in [-0.4, -0.2) is 25.6 Å². The lowest BCUT2D eigenvalue weighted by molar-refractivity contribution is 0.782. The summed E-state index contributed by atoms with van der Waals surface area (Å²) in [5, 5.41) is 0. The molecular formula is C14H16BrN5. The molecular weight excluding hydrogens is 318 g/mol. The van der Waals surface area contributed by atoms with Crippen LogP contribution < -0.4 is 5.73 Å². The number of aromatic nitrogens is 4. The van der Waals surface area contributed by atoms with Crippen molar-refractivity contribution in [3.8, 4) is 11.3 Å². The van der Waals surface area contributed by atoms with E-state index in [2.05, 4.69) is 48.7 Å². The van der Waals surface area contributed by atoms with Gasteiger partial charge in [-0.05, 0) is 34.6 Å². The maximum atomic E-state index is 5.62. The van der Waals surface area contributed by atoms with Crippen molar-refractivity contribution in [2.75, 3.05) is 6.54 Å². The summed E-state index contributed by atoms with van der Waals surface area (Å²) in [5.74, 6) is 0.982. The number of hydrogen-bond donors (Lipinski definition) is 1. The van der Waals surface area contributed by atoms with Crippen LogP contribution in [0.2, 0.25) is 0 Å². The SMILES string of the molecule is Cn1c(CCN)nc(Br)c1-c1ccc2c(c1)ncn2C. The lowest BCUT2D eigenvalue weighted by Gasteiger charge is -2.06. The quantitative estimate of drug-likeness (QED) is 0.799. The molecule has 0 saturated heterocycles. The summed E-state index contributed by atoms with van der Waals surface area (Å²) in [6, 6.07) is 6.26. The fourth-order valence-electron chi connectivity index (χ4n) is 2.46. The molecule has 0 fully saturated rings. The Kier molecular flexibility index (Phi) is 3.35. The van der Waals surface area contributed by atoms with Crippen molar-refractivity contribution in [3.63, 3.8) is 0 Å². The molecule has 104 valence electrons. The van der Waals surface area contributed by atoms with Crippen molar-refractivity contribution in [3.05, 3.63) is 35.0 Å². The van der Waals surface area contributed by atoms with Gasteiger partial charge < -0.3 is 14.9 Å². The van der Waals surface area contributed by atoms with Gasteiger partial charge in [-0.1, -0.05) is 6.07 Å². The Morgan fingerprint density at radius 1 is 1.30 bits per heavy atom. The zero-order valence-electron chi connectivity index (χ0n) is 11.5. The molecule has 0 radical (unpaired) electrons. The van der Waals surface area contributed by atoms with Crippen molar-refractivity contribution in [1.29, 1.82) is 0 Å². The summed E-state index contributed by atoms with van der Waals surface area (Å²) in [5.41, 5.74) is 9.88. The van der Waals surface area contributed by atoms with Crippen LogP contribution in [0.5, 0.6) is 0 Å². The molecule has 0 unspecified atom stereocenters. The Hall–Kier alpha value is -1.66. The number of nitrogens with two attached hydrogens (primary N) is 1. The van der Waals surface area contributed by atoms with Crippen molar-refractivity contribution >= 4 is 27.0 Å². The minimum absolute atomic E-state index is 0.593. The second kappa shape index (κ2) is 5.03.